The Morgan fingerprint density at radius 2 is 1.81 bits per heavy atom. The average molecular weight is 370 g/mol. The first-order valence-electron chi connectivity index (χ1n) is 9.26. The van der Waals surface area contributed by atoms with Crippen LogP contribution >= 0.6 is 0 Å². The molecule has 0 saturated heterocycles. The van der Waals surface area contributed by atoms with E-state index in [2.05, 4.69) is 20.9 Å². The molecule has 144 valence electrons. The molecular weight excluding hydrogens is 343 g/mol. The van der Waals surface area contributed by atoms with Gasteiger partial charge in [0.05, 0.1) is 6.54 Å². The summed E-state index contributed by atoms with van der Waals surface area (Å²) in [6.45, 7) is 5.70. The number of amides is 1. The van der Waals surface area contributed by atoms with Crippen molar-refractivity contribution in [2.75, 3.05) is 11.9 Å². The van der Waals surface area contributed by atoms with Crippen molar-refractivity contribution in [2.24, 2.45) is 4.99 Å². The molecule has 0 aromatic heterocycles. The molecule has 0 saturated carbocycles. The molecule has 27 heavy (non-hydrogen) atoms. The van der Waals surface area contributed by atoms with E-state index in [0.717, 1.165) is 29.8 Å². The van der Waals surface area contributed by atoms with E-state index in [0.29, 0.717) is 25.5 Å². The molecule has 0 aliphatic rings. The van der Waals surface area contributed by atoms with E-state index in [-0.39, 0.29) is 11.7 Å². The highest BCUT2D eigenvalue weighted by atomic mass is 19.1. The smallest absolute Gasteiger partial charge is 0.224 e. The van der Waals surface area contributed by atoms with Gasteiger partial charge in [0.25, 0.3) is 0 Å². The van der Waals surface area contributed by atoms with Crippen LogP contribution in [0.5, 0.6) is 0 Å². The molecule has 5 nitrogen and oxygen atoms in total. The molecule has 0 radical (unpaired) electrons. The largest absolute Gasteiger partial charge is 0.357 e. The van der Waals surface area contributed by atoms with Crippen LogP contribution in [0.15, 0.2) is 53.5 Å². The Morgan fingerprint density at radius 3 is 2.48 bits per heavy atom. The molecule has 6 heteroatoms. The lowest BCUT2D eigenvalue weighted by atomic mass is 10.2. The summed E-state index contributed by atoms with van der Waals surface area (Å²) in [6, 6.07) is 14.1. The highest BCUT2D eigenvalue weighted by Gasteiger charge is 2.02. The van der Waals surface area contributed by atoms with Gasteiger partial charge < -0.3 is 16.0 Å². The quantitative estimate of drug-likeness (QED) is 0.489. The Balaban J connectivity index is 1.91. The number of anilines is 1. The summed E-state index contributed by atoms with van der Waals surface area (Å²) in [5.41, 5.74) is 2.68. The molecule has 0 spiro atoms. The molecule has 2 rings (SSSR count). The molecule has 2 aromatic carbocycles. The van der Waals surface area contributed by atoms with Gasteiger partial charge >= 0.3 is 0 Å². The van der Waals surface area contributed by atoms with Gasteiger partial charge in [-0.05, 0) is 48.7 Å². The van der Waals surface area contributed by atoms with Gasteiger partial charge in [-0.1, -0.05) is 31.2 Å². The zero-order valence-corrected chi connectivity index (χ0v) is 15.9. The number of aliphatic imine (C=N–C) groups is 1. The monoisotopic (exact) mass is 370 g/mol. The van der Waals surface area contributed by atoms with Crippen LogP contribution in [0.25, 0.3) is 0 Å². The van der Waals surface area contributed by atoms with Crippen molar-refractivity contribution in [3.63, 3.8) is 0 Å². The SMILES string of the molecule is CCCC(=O)Nc1ccc(CNC(=NCc2cccc(F)c2)NCC)cc1. The zero-order valence-electron chi connectivity index (χ0n) is 15.9. The standard InChI is InChI=1S/C21H27FN4O/c1-3-6-20(27)26-19-11-9-16(10-12-19)14-24-21(23-4-2)25-15-17-7-5-8-18(22)13-17/h5,7-13H,3-4,6,14-15H2,1-2H3,(H,26,27)(H2,23,24,25). The zero-order chi connectivity index (χ0) is 19.5. The molecule has 1 amide bonds. The van der Waals surface area contributed by atoms with E-state index in [9.17, 15) is 9.18 Å². The van der Waals surface area contributed by atoms with E-state index in [1.807, 2.05) is 44.2 Å². The lowest BCUT2D eigenvalue weighted by Gasteiger charge is -2.12. The second kappa shape index (κ2) is 11.0. The van der Waals surface area contributed by atoms with Gasteiger partial charge in [-0.3, -0.25) is 4.79 Å². The number of benzene rings is 2. The molecule has 0 heterocycles. The third kappa shape index (κ3) is 7.48. The molecule has 0 fully saturated rings. The van der Waals surface area contributed by atoms with Crippen molar-refractivity contribution in [2.45, 2.75) is 39.8 Å². The molecule has 0 atom stereocenters. The van der Waals surface area contributed by atoms with E-state index in [4.69, 9.17) is 0 Å². The lowest BCUT2D eigenvalue weighted by molar-refractivity contribution is -0.116. The van der Waals surface area contributed by atoms with Gasteiger partial charge in [0, 0.05) is 25.2 Å². The van der Waals surface area contributed by atoms with Gasteiger partial charge in [0.1, 0.15) is 5.82 Å². The second-order valence-corrected chi connectivity index (χ2v) is 6.17. The van der Waals surface area contributed by atoms with E-state index >= 15 is 0 Å². The Bertz CT molecular complexity index is 759. The summed E-state index contributed by atoms with van der Waals surface area (Å²) in [6.07, 6.45) is 1.35. The predicted molar refractivity (Wildman–Crippen MR) is 108 cm³/mol. The molecule has 2 aromatic rings. The molecule has 0 aliphatic carbocycles. The maximum Gasteiger partial charge on any atom is 0.224 e. The Kier molecular flexibility index (Phi) is 8.29. The number of carbonyl (C=O) groups excluding carboxylic acids is 1. The van der Waals surface area contributed by atoms with Crippen LogP contribution < -0.4 is 16.0 Å². The first-order valence-corrected chi connectivity index (χ1v) is 9.26. The van der Waals surface area contributed by atoms with Crippen molar-refractivity contribution < 1.29 is 9.18 Å². The van der Waals surface area contributed by atoms with Crippen molar-refractivity contribution >= 4 is 17.6 Å². The third-order valence-electron chi connectivity index (χ3n) is 3.83. The molecule has 0 unspecified atom stereocenters. The Hall–Kier alpha value is -2.89. The van der Waals surface area contributed by atoms with Crippen LogP contribution in [-0.4, -0.2) is 18.4 Å². The summed E-state index contributed by atoms with van der Waals surface area (Å²) >= 11 is 0. The summed E-state index contributed by atoms with van der Waals surface area (Å²) in [5, 5.41) is 9.31. The summed E-state index contributed by atoms with van der Waals surface area (Å²) in [7, 11) is 0. The van der Waals surface area contributed by atoms with Crippen LogP contribution in [0, 0.1) is 5.82 Å². The van der Waals surface area contributed by atoms with Gasteiger partial charge in [-0.15, -0.1) is 0 Å². The summed E-state index contributed by atoms with van der Waals surface area (Å²) in [5.74, 6) is 0.441. The first-order chi connectivity index (χ1) is 13.1. The molecule has 0 bridgehead atoms. The normalized spacial score (nSPS) is 11.1. The number of hydrogen-bond acceptors (Lipinski definition) is 2. The topological polar surface area (TPSA) is 65.5 Å². The highest BCUT2D eigenvalue weighted by Crippen LogP contribution is 2.10. The molecular formula is C21H27FN4O. The predicted octanol–water partition coefficient (Wildman–Crippen LogP) is 3.82. The van der Waals surface area contributed by atoms with Gasteiger partial charge in [0.2, 0.25) is 5.91 Å². The Labute approximate surface area is 160 Å². The fourth-order valence-corrected chi connectivity index (χ4v) is 2.49. The third-order valence-corrected chi connectivity index (χ3v) is 3.83. The van der Waals surface area contributed by atoms with Crippen LogP contribution in [0.2, 0.25) is 0 Å². The maximum absolute atomic E-state index is 13.3. The Morgan fingerprint density at radius 1 is 1.04 bits per heavy atom. The van der Waals surface area contributed by atoms with Gasteiger partial charge in [-0.25, -0.2) is 9.38 Å². The van der Waals surface area contributed by atoms with E-state index < -0.39 is 0 Å². The fourth-order valence-electron chi connectivity index (χ4n) is 2.49. The minimum atomic E-state index is -0.258. The number of halogens is 1. The number of carbonyl (C=O) groups is 1. The number of hydrogen-bond donors (Lipinski definition) is 3. The number of nitrogens with zero attached hydrogens (tertiary/aromatic N) is 1. The maximum atomic E-state index is 13.3. The average Bonchev–Trinajstić information content (AvgIpc) is 2.65. The number of rotatable bonds is 8. The van der Waals surface area contributed by atoms with Crippen molar-refractivity contribution in [1.29, 1.82) is 0 Å². The van der Waals surface area contributed by atoms with Crippen LogP contribution in [0.4, 0.5) is 10.1 Å². The van der Waals surface area contributed by atoms with Crippen molar-refractivity contribution in [3.05, 3.63) is 65.5 Å². The van der Waals surface area contributed by atoms with Crippen LogP contribution in [0.3, 0.4) is 0 Å². The number of guanidine groups is 1. The second-order valence-electron chi connectivity index (χ2n) is 6.17. The van der Waals surface area contributed by atoms with Crippen molar-refractivity contribution in [1.82, 2.24) is 10.6 Å². The lowest BCUT2D eigenvalue weighted by Crippen LogP contribution is -2.36. The van der Waals surface area contributed by atoms with Crippen molar-refractivity contribution in [3.8, 4) is 0 Å². The molecule has 0 aliphatic heterocycles. The summed E-state index contributed by atoms with van der Waals surface area (Å²) in [4.78, 5) is 16.1. The molecule has 3 N–H and O–H groups in total. The highest BCUT2D eigenvalue weighted by molar-refractivity contribution is 5.90. The van der Waals surface area contributed by atoms with Gasteiger partial charge in [-0.2, -0.15) is 0 Å². The first kappa shape index (κ1) is 20.4. The van der Waals surface area contributed by atoms with Crippen LogP contribution in [0.1, 0.15) is 37.8 Å². The fraction of sp³-hybridized carbons (Fsp3) is 0.333. The van der Waals surface area contributed by atoms with Gasteiger partial charge in [0.15, 0.2) is 5.96 Å². The van der Waals surface area contributed by atoms with E-state index in [1.165, 1.54) is 12.1 Å². The minimum absolute atomic E-state index is 0.0299. The minimum Gasteiger partial charge on any atom is -0.357 e. The number of nitrogens with one attached hydrogen (secondary N) is 3. The summed E-state index contributed by atoms with van der Waals surface area (Å²) < 4.78 is 13.3. The van der Waals surface area contributed by atoms with Crippen LogP contribution in [-0.2, 0) is 17.9 Å². The van der Waals surface area contributed by atoms with E-state index in [1.54, 1.807) is 6.07 Å².